The van der Waals surface area contributed by atoms with Gasteiger partial charge in [0.15, 0.2) is 9.84 Å². The van der Waals surface area contributed by atoms with Crippen LogP contribution in [-0.4, -0.2) is 45.9 Å². The van der Waals surface area contributed by atoms with Crippen LogP contribution >= 0.6 is 0 Å². The molecule has 0 spiro atoms. The summed E-state index contributed by atoms with van der Waals surface area (Å²) in [6, 6.07) is 9.15. The third-order valence-corrected chi connectivity index (χ3v) is 5.59. The number of pyridine rings is 1. The molecule has 0 amide bonds. The molecule has 0 unspecified atom stereocenters. The van der Waals surface area contributed by atoms with Gasteiger partial charge in [-0.2, -0.15) is 0 Å². The first-order valence-corrected chi connectivity index (χ1v) is 10.2. The highest BCUT2D eigenvalue weighted by Crippen LogP contribution is 2.37. The second-order valence-corrected chi connectivity index (χ2v) is 8.18. The topological polar surface area (TPSA) is 71.5 Å². The van der Waals surface area contributed by atoms with Gasteiger partial charge in [-0.3, -0.25) is 4.98 Å². The number of benzene rings is 1. The molecule has 1 fully saturated rings. The number of hydrogen-bond acceptors (Lipinski definition) is 6. The van der Waals surface area contributed by atoms with Crippen molar-refractivity contribution in [3.05, 3.63) is 42.7 Å². The highest BCUT2D eigenvalue weighted by atomic mass is 32.2. The van der Waals surface area contributed by atoms with E-state index in [0.29, 0.717) is 10.9 Å². The monoisotopic (exact) mass is 361 g/mol. The molecule has 0 saturated carbocycles. The minimum atomic E-state index is -3.21. The van der Waals surface area contributed by atoms with Crippen molar-refractivity contribution in [1.29, 1.82) is 0 Å². The van der Waals surface area contributed by atoms with Gasteiger partial charge in [-0.15, -0.1) is 0 Å². The van der Waals surface area contributed by atoms with Gasteiger partial charge in [-0.25, -0.2) is 8.42 Å². The van der Waals surface area contributed by atoms with Crippen LogP contribution < -0.4 is 15.0 Å². The van der Waals surface area contributed by atoms with E-state index in [-0.39, 0.29) is 0 Å². The van der Waals surface area contributed by atoms with Crippen molar-refractivity contribution in [2.75, 3.05) is 31.4 Å². The zero-order valence-corrected chi connectivity index (χ0v) is 15.3. The Morgan fingerprint density at radius 3 is 2.44 bits per heavy atom. The molecule has 6 nitrogen and oxygen atoms in total. The van der Waals surface area contributed by atoms with Gasteiger partial charge in [0.05, 0.1) is 18.2 Å². The van der Waals surface area contributed by atoms with Crippen molar-refractivity contribution in [1.82, 2.24) is 10.3 Å². The number of ether oxygens (including phenoxy) is 1. The lowest BCUT2D eigenvalue weighted by Gasteiger charge is -2.37. The average molecular weight is 361 g/mol. The van der Waals surface area contributed by atoms with Gasteiger partial charge in [-0.05, 0) is 50.2 Å². The highest BCUT2D eigenvalue weighted by molar-refractivity contribution is 7.90. The summed E-state index contributed by atoms with van der Waals surface area (Å²) in [5, 5.41) is 3.38. The van der Waals surface area contributed by atoms with E-state index in [1.54, 1.807) is 31.6 Å². The number of rotatable bonds is 5. The number of piperidine rings is 1. The van der Waals surface area contributed by atoms with Crippen molar-refractivity contribution in [2.45, 2.75) is 23.8 Å². The molecule has 1 N–H and O–H groups in total. The highest BCUT2D eigenvalue weighted by Gasteiger charge is 2.25. The largest absolute Gasteiger partial charge is 0.494 e. The van der Waals surface area contributed by atoms with Crippen LogP contribution in [0.2, 0.25) is 0 Å². The number of anilines is 2. The maximum Gasteiger partial charge on any atom is 0.175 e. The maximum absolute atomic E-state index is 11.7. The molecule has 1 saturated heterocycles. The van der Waals surface area contributed by atoms with Crippen LogP contribution in [0.3, 0.4) is 0 Å². The van der Waals surface area contributed by atoms with Gasteiger partial charge in [0, 0.05) is 30.2 Å². The smallest absolute Gasteiger partial charge is 0.175 e. The first kappa shape index (κ1) is 17.7. The molecule has 0 aliphatic carbocycles. The molecule has 25 heavy (non-hydrogen) atoms. The van der Waals surface area contributed by atoms with Gasteiger partial charge in [0.25, 0.3) is 0 Å². The maximum atomic E-state index is 11.7. The summed E-state index contributed by atoms with van der Waals surface area (Å²) in [5.41, 5.74) is 1.83. The van der Waals surface area contributed by atoms with Crippen molar-refractivity contribution in [3.8, 4) is 5.75 Å². The molecule has 1 aromatic heterocycles. The quantitative estimate of drug-likeness (QED) is 0.882. The van der Waals surface area contributed by atoms with Crippen LogP contribution in [0, 0.1) is 0 Å². The summed E-state index contributed by atoms with van der Waals surface area (Å²) >= 11 is 0. The Labute approximate surface area is 148 Å². The van der Waals surface area contributed by atoms with Crippen molar-refractivity contribution < 1.29 is 13.2 Å². The average Bonchev–Trinajstić information content (AvgIpc) is 2.63. The van der Waals surface area contributed by atoms with Crippen molar-refractivity contribution in [3.63, 3.8) is 0 Å². The van der Waals surface area contributed by atoms with Gasteiger partial charge in [0.2, 0.25) is 0 Å². The Morgan fingerprint density at radius 1 is 1.16 bits per heavy atom. The third-order valence-electron chi connectivity index (χ3n) is 4.46. The summed E-state index contributed by atoms with van der Waals surface area (Å²) < 4.78 is 29.0. The zero-order chi connectivity index (χ0) is 17.9. The van der Waals surface area contributed by atoms with E-state index in [1.165, 1.54) is 6.26 Å². The molecule has 3 rings (SSSR count). The molecule has 134 valence electrons. The molecule has 1 aromatic carbocycles. The van der Waals surface area contributed by atoms with E-state index in [0.717, 1.165) is 43.1 Å². The predicted molar refractivity (Wildman–Crippen MR) is 98.4 cm³/mol. The second kappa shape index (κ2) is 7.41. The standard InChI is InChI=1S/C18H23N3O3S/c1-24-18-9-12-20-13-17(18)21(15-7-10-19-11-8-15)14-3-5-16(6-4-14)25(2,22)23/h3-6,9,12-13,15,19H,7-8,10-11H2,1-2H3. The fourth-order valence-corrected chi connectivity index (χ4v) is 3.82. The molecular formula is C18H23N3O3S. The minimum absolute atomic E-state index is 0.295. The van der Waals surface area contributed by atoms with Gasteiger partial charge >= 0.3 is 0 Å². The van der Waals surface area contributed by atoms with E-state index in [4.69, 9.17) is 4.74 Å². The molecule has 0 radical (unpaired) electrons. The molecule has 1 aliphatic rings. The van der Waals surface area contributed by atoms with Gasteiger partial charge in [0.1, 0.15) is 11.4 Å². The van der Waals surface area contributed by atoms with Crippen LogP contribution in [0.1, 0.15) is 12.8 Å². The van der Waals surface area contributed by atoms with Crippen LogP contribution in [0.25, 0.3) is 0 Å². The summed E-state index contributed by atoms with van der Waals surface area (Å²) in [4.78, 5) is 6.78. The zero-order valence-electron chi connectivity index (χ0n) is 14.5. The molecule has 2 heterocycles. The van der Waals surface area contributed by atoms with Crippen molar-refractivity contribution in [2.24, 2.45) is 0 Å². The van der Waals surface area contributed by atoms with Crippen LogP contribution in [0.15, 0.2) is 47.6 Å². The van der Waals surface area contributed by atoms with Gasteiger partial charge < -0.3 is 15.0 Å². The van der Waals surface area contributed by atoms with Gasteiger partial charge in [-0.1, -0.05) is 0 Å². The molecule has 1 aliphatic heterocycles. The number of aromatic nitrogens is 1. The first-order valence-electron chi connectivity index (χ1n) is 8.29. The molecule has 7 heteroatoms. The summed E-state index contributed by atoms with van der Waals surface area (Å²) in [5.74, 6) is 0.751. The number of nitrogens with one attached hydrogen (secondary N) is 1. The number of methoxy groups -OCH3 is 1. The minimum Gasteiger partial charge on any atom is -0.494 e. The van der Waals surface area contributed by atoms with E-state index in [9.17, 15) is 8.42 Å². The lowest BCUT2D eigenvalue weighted by Crippen LogP contribution is -2.41. The second-order valence-electron chi connectivity index (χ2n) is 6.16. The van der Waals surface area contributed by atoms with Crippen LogP contribution in [-0.2, 0) is 9.84 Å². The summed E-state index contributed by atoms with van der Waals surface area (Å²) in [7, 11) is -1.57. The Balaban J connectivity index is 2.04. The van der Waals surface area contributed by atoms with E-state index < -0.39 is 9.84 Å². The SMILES string of the molecule is COc1ccncc1N(c1ccc(S(C)(=O)=O)cc1)C1CCNCC1. The molecule has 0 bridgehead atoms. The number of nitrogens with zero attached hydrogens (tertiary/aromatic N) is 2. The van der Waals surface area contributed by atoms with E-state index >= 15 is 0 Å². The third kappa shape index (κ3) is 3.93. The lowest BCUT2D eigenvalue weighted by atomic mass is 10.0. The fraction of sp³-hybridized carbons (Fsp3) is 0.389. The van der Waals surface area contributed by atoms with E-state index in [1.807, 2.05) is 18.2 Å². The lowest BCUT2D eigenvalue weighted by molar-refractivity contribution is 0.408. The normalized spacial score (nSPS) is 15.8. The Morgan fingerprint density at radius 2 is 1.84 bits per heavy atom. The Bertz CT molecular complexity index is 816. The van der Waals surface area contributed by atoms with Crippen LogP contribution in [0.5, 0.6) is 5.75 Å². The summed E-state index contributed by atoms with van der Waals surface area (Å²) in [6.07, 6.45) is 6.70. The molecule has 0 atom stereocenters. The predicted octanol–water partition coefficient (Wildman–Crippen LogP) is 2.38. The summed E-state index contributed by atoms with van der Waals surface area (Å²) in [6.45, 7) is 1.90. The Hall–Kier alpha value is -2.12. The molecule has 2 aromatic rings. The molecular weight excluding hydrogens is 338 g/mol. The van der Waals surface area contributed by atoms with Crippen LogP contribution in [0.4, 0.5) is 11.4 Å². The fourth-order valence-electron chi connectivity index (χ4n) is 3.19. The van der Waals surface area contributed by atoms with E-state index in [2.05, 4.69) is 15.2 Å². The van der Waals surface area contributed by atoms with Crippen molar-refractivity contribution >= 4 is 21.2 Å². The first-order chi connectivity index (χ1) is 12.0. The number of hydrogen-bond donors (Lipinski definition) is 1. The number of sulfone groups is 1. The Kier molecular flexibility index (Phi) is 5.24.